The first-order chi connectivity index (χ1) is 17.4. The summed E-state index contributed by atoms with van der Waals surface area (Å²) in [5.41, 5.74) is 2.79. The second-order valence-corrected chi connectivity index (χ2v) is 11.6. The lowest BCUT2D eigenvalue weighted by Gasteiger charge is -2.40. The number of rotatable bonds is 6. The number of likely N-dealkylation sites (tertiary alicyclic amines) is 1. The Morgan fingerprint density at radius 3 is 2.54 bits per heavy atom. The van der Waals surface area contributed by atoms with Crippen LogP contribution in [-0.4, -0.2) is 77.8 Å². The SMILES string of the molecule is Cc1ccc(N2CC(Oc3cc([C@@H]4CN(C(=O)[C@@H]5COC(C)(C)O5)C[C@@]4(C)[C@@H](C)O)ccc3C)C2)nc1. The Balaban J connectivity index is 1.30. The van der Waals surface area contributed by atoms with Crippen LogP contribution in [0.5, 0.6) is 5.75 Å². The number of amides is 1. The van der Waals surface area contributed by atoms with Crippen molar-refractivity contribution in [1.29, 1.82) is 0 Å². The molecule has 0 saturated carbocycles. The van der Waals surface area contributed by atoms with Crippen LogP contribution in [-0.2, 0) is 14.3 Å². The van der Waals surface area contributed by atoms with Crippen LogP contribution in [0.25, 0.3) is 0 Å². The normalized spacial score (nSPS) is 28.3. The molecule has 2 aromatic rings. The standard InChI is InChI=1S/C29H39N3O5/c1-18-7-10-26(30-12-18)31-13-22(14-31)36-24-11-21(9-8-19(24)2)23-15-32(17-29(23,6)20(3)33)27(34)25-16-35-28(4,5)37-25/h7-12,20,22-23,25,33H,13-17H2,1-6H3/t20-,23+,25+,29+/m1/s1. The number of aryl methyl sites for hydroxylation is 2. The van der Waals surface area contributed by atoms with E-state index in [1.165, 1.54) is 0 Å². The first kappa shape index (κ1) is 25.9. The molecule has 4 heterocycles. The molecule has 3 saturated heterocycles. The quantitative estimate of drug-likeness (QED) is 0.639. The molecule has 0 unspecified atom stereocenters. The van der Waals surface area contributed by atoms with E-state index in [0.717, 1.165) is 41.3 Å². The number of hydrogen-bond acceptors (Lipinski definition) is 7. The smallest absolute Gasteiger partial charge is 0.254 e. The minimum absolute atomic E-state index is 0.0376. The lowest BCUT2D eigenvalue weighted by atomic mass is 9.72. The molecular formula is C29H39N3O5. The van der Waals surface area contributed by atoms with Crippen molar-refractivity contribution < 1.29 is 24.1 Å². The average molecular weight is 510 g/mol. The van der Waals surface area contributed by atoms with Gasteiger partial charge in [0, 0.05) is 30.6 Å². The van der Waals surface area contributed by atoms with Gasteiger partial charge in [-0.3, -0.25) is 4.79 Å². The molecular weight excluding hydrogens is 470 g/mol. The average Bonchev–Trinajstić information content (AvgIpc) is 3.37. The molecule has 1 aromatic carbocycles. The van der Waals surface area contributed by atoms with Gasteiger partial charge in [0.25, 0.3) is 5.91 Å². The van der Waals surface area contributed by atoms with E-state index in [-0.39, 0.29) is 24.5 Å². The molecule has 0 spiro atoms. The topological polar surface area (TPSA) is 84.4 Å². The monoisotopic (exact) mass is 509 g/mol. The fourth-order valence-electron chi connectivity index (χ4n) is 5.59. The number of nitrogens with zero attached hydrogens (tertiary/aromatic N) is 3. The summed E-state index contributed by atoms with van der Waals surface area (Å²) in [5.74, 6) is 0.945. The summed E-state index contributed by atoms with van der Waals surface area (Å²) in [6.45, 7) is 14.4. The van der Waals surface area contributed by atoms with Gasteiger partial charge in [0.15, 0.2) is 11.9 Å². The van der Waals surface area contributed by atoms with Crippen LogP contribution in [0.4, 0.5) is 5.82 Å². The lowest BCUT2D eigenvalue weighted by molar-refractivity contribution is -0.159. The molecule has 37 heavy (non-hydrogen) atoms. The van der Waals surface area contributed by atoms with Crippen LogP contribution >= 0.6 is 0 Å². The fourth-order valence-corrected chi connectivity index (χ4v) is 5.59. The van der Waals surface area contributed by atoms with Crippen molar-refractivity contribution in [2.24, 2.45) is 5.41 Å². The molecule has 3 fully saturated rings. The second kappa shape index (κ2) is 9.57. The van der Waals surface area contributed by atoms with Crippen LogP contribution in [0.3, 0.4) is 0 Å². The van der Waals surface area contributed by atoms with Crippen LogP contribution in [0.2, 0.25) is 0 Å². The maximum absolute atomic E-state index is 13.3. The minimum atomic E-state index is -0.761. The fraction of sp³-hybridized carbons (Fsp3) is 0.586. The number of pyridine rings is 1. The molecule has 3 aliphatic heterocycles. The number of aliphatic hydroxyl groups excluding tert-OH is 1. The summed E-state index contributed by atoms with van der Waals surface area (Å²) in [4.78, 5) is 21.9. The zero-order valence-electron chi connectivity index (χ0n) is 22.7. The Bertz CT molecular complexity index is 1140. The summed E-state index contributed by atoms with van der Waals surface area (Å²) in [5, 5.41) is 10.8. The van der Waals surface area contributed by atoms with E-state index < -0.39 is 23.4 Å². The van der Waals surface area contributed by atoms with Crippen molar-refractivity contribution >= 4 is 11.7 Å². The minimum Gasteiger partial charge on any atom is -0.486 e. The number of aliphatic hydroxyl groups is 1. The lowest BCUT2D eigenvalue weighted by Crippen LogP contribution is -2.54. The van der Waals surface area contributed by atoms with E-state index in [2.05, 4.69) is 48.0 Å². The third-order valence-electron chi connectivity index (χ3n) is 8.26. The number of carbonyl (C=O) groups excluding carboxylic acids is 1. The zero-order chi connectivity index (χ0) is 26.5. The maximum Gasteiger partial charge on any atom is 0.254 e. The molecule has 1 N–H and O–H groups in total. The van der Waals surface area contributed by atoms with Crippen LogP contribution in [0, 0.1) is 19.3 Å². The van der Waals surface area contributed by atoms with E-state index >= 15 is 0 Å². The zero-order valence-corrected chi connectivity index (χ0v) is 22.7. The highest BCUT2D eigenvalue weighted by atomic mass is 16.7. The van der Waals surface area contributed by atoms with Crippen molar-refractivity contribution in [3.63, 3.8) is 0 Å². The van der Waals surface area contributed by atoms with Gasteiger partial charge < -0.3 is 29.1 Å². The highest BCUT2D eigenvalue weighted by molar-refractivity contribution is 5.82. The Morgan fingerprint density at radius 2 is 1.92 bits per heavy atom. The van der Waals surface area contributed by atoms with Gasteiger partial charge in [-0.25, -0.2) is 4.98 Å². The Labute approximate surface area is 219 Å². The Morgan fingerprint density at radius 1 is 1.16 bits per heavy atom. The maximum atomic E-state index is 13.3. The molecule has 3 aliphatic rings. The molecule has 0 radical (unpaired) electrons. The molecule has 1 amide bonds. The van der Waals surface area contributed by atoms with Gasteiger partial charge in [-0.15, -0.1) is 0 Å². The van der Waals surface area contributed by atoms with Gasteiger partial charge in [0.1, 0.15) is 17.7 Å². The number of hydrogen-bond donors (Lipinski definition) is 1. The van der Waals surface area contributed by atoms with Crippen LogP contribution < -0.4 is 9.64 Å². The van der Waals surface area contributed by atoms with Crippen molar-refractivity contribution in [2.75, 3.05) is 37.7 Å². The van der Waals surface area contributed by atoms with Gasteiger partial charge in [0.2, 0.25) is 0 Å². The predicted molar refractivity (Wildman–Crippen MR) is 141 cm³/mol. The van der Waals surface area contributed by atoms with Crippen molar-refractivity contribution in [2.45, 2.75) is 71.6 Å². The summed E-state index contributed by atoms with van der Waals surface area (Å²) in [6, 6.07) is 10.4. The molecule has 0 bridgehead atoms. The molecule has 1 aromatic heterocycles. The Hall–Kier alpha value is -2.68. The van der Waals surface area contributed by atoms with Crippen molar-refractivity contribution in [3.8, 4) is 5.75 Å². The van der Waals surface area contributed by atoms with Gasteiger partial charge in [-0.05, 0) is 63.4 Å². The third-order valence-corrected chi connectivity index (χ3v) is 8.26. The first-order valence-electron chi connectivity index (χ1n) is 13.2. The van der Waals surface area contributed by atoms with Gasteiger partial charge in [-0.2, -0.15) is 0 Å². The second-order valence-electron chi connectivity index (χ2n) is 11.6. The molecule has 8 nitrogen and oxygen atoms in total. The van der Waals surface area contributed by atoms with Crippen LogP contribution in [0.1, 0.15) is 50.3 Å². The summed E-state index contributed by atoms with van der Waals surface area (Å²) < 4.78 is 17.9. The molecule has 200 valence electrons. The van der Waals surface area contributed by atoms with E-state index in [1.807, 2.05) is 44.9 Å². The predicted octanol–water partition coefficient (Wildman–Crippen LogP) is 3.43. The molecule has 8 heteroatoms. The van der Waals surface area contributed by atoms with E-state index in [4.69, 9.17) is 14.2 Å². The number of carbonyl (C=O) groups is 1. The summed E-state index contributed by atoms with van der Waals surface area (Å²) >= 11 is 0. The van der Waals surface area contributed by atoms with Crippen LogP contribution in [0.15, 0.2) is 36.5 Å². The van der Waals surface area contributed by atoms with E-state index in [0.29, 0.717) is 13.1 Å². The third kappa shape index (κ3) is 5.07. The largest absolute Gasteiger partial charge is 0.486 e. The van der Waals surface area contributed by atoms with Gasteiger partial charge in [0.05, 0.1) is 25.8 Å². The number of benzene rings is 1. The molecule has 0 aliphatic carbocycles. The number of aromatic nitrogens is 1. The summed E-state index contributed by atoms with van der Waals surface area (Å²) in [6.07, 6.45) is 0.761. The van der Waals surface area contributed by atoms with Gasteiger partial charge >= 0.3 is 0 Å². The first-order valence-corrected chi connectivity index (χ1v) is 13.2. The highest BCUT2D eigenvalue weighted by Crippen LogP contribution is 2.46. The number of ether oxygens (including phenoxy) is 3. The molecule has 4 atom stereocenters. The molecule has 5 rings (SSSR count). The summed E-state index contributed by atoms with van der Waals surface area (Å²) in [7, 11) is 0. The van der Waals surface area contributed by atoms with Crippen molar-refractivity contribution in [1.82, 2.24) is 9.88 Å². The van der Waals surface area contributed by atoms with Crippen molar-refractivity contribution in [3.05, 3.63) is 53.2 Å². The van der Waals surface area contributed by atoms with E-state index in [9.17, 15) is 9.90 Å². The van der Waals surface area contributed by atoms with Gasteiger partial charge in [-0.1, -0.05) is 25.1 Å². The number of anilines is 1. The Kier molecular flexibility index (Phi) is 6.71. The van der Waals surface area contributed by atoms with E-state index in [1.54, 1.807) is 0 Å². The highest BCUT2D eigenvalue weighted by Gasteiger charge is 2.50.